The second-order valence-corrected chi connectivity index (χ2v) is 17.6. The highest BCUT2D eigenvalue weighted by molar-refractivity contribution is 7.86. The summed E-state index contributed by atoms with van der Waals surface area (Å²) in [4.78, 5) is 0. The topological polar surface area (TPSA) is 22.0 Å². The summed E-state index contributed by atoms with van der Waals surface area (Å²) in [6.07, 6.45) is 0. The fourth-order valence-corrected chi connectivity index (χ4v) is 11.9. The van der Waals surface area contributed by atoms with Gasteiger partial charge in [-0.2, -0.15) is 0 Å². The fraction of sp³-hybridized carbons (Fsp3) is 0. The van der Waals surface area contributed by atoms with Gasteiger partial charge in [0.2, 0.25) is 0 Å². The molecule has 3 heteroatoms. The summed E-state index contributed by atoms with van der Waals surface area (Å²) >= 11 is 0. The lowest BCUT2D eigenvalue weighted by atomic mass is 9.92. The van der Waals surface area contributed by atoms with Gasteiger partial charge in [-0.1, -0.05) is 170 Å². The summed E-state index contributed by atoms with van der Waals surface area (Å²) in [6.45, 7) is 0. The van der Waals surface area contributed by atoms with Crippen LogP contribution in [-0.4, -0.2) is 4.57 Å². The summed E-state index contributed by atoms with van der Waals surface area (Å²) in [7, 11) is -3.07. The summed E-state index contributed by atoms with van der Waals surface area (Å²) in [5.41, 5.74) is 14.9. The molecule has 0 saturated heterocycles. The van der Waals surface area contributed by atoms with Crippen molar-refractivity contribution in [3.63, 3.8) is 0 Å². The van der Waals surface area contributed by atoms with E-state index in [0.29, 0.717) is 0 Å². The molecule has 0 aliphatic carbocycles. The fourth-order valence-electron chi connectivity index (χ4n) is 8.83. The molecule has 0 bridgehead atoms. The van der Waals surface area contributed by atoms with Gasteiger partial charge in [-0.05, 0) is 104 Å². The molecule has 1 atom stereocenters. The van der Waals surface area contributed by atoms with Crippen LogP contribution in [0, 0.1) is 0 Å². The molecular weight excluding hydrogens is 710 g/mol. The number of para-hydroxylation sites is 1. The molecule has 1 aliphatic heterocycles. The molecule has 2 nitrogen and oxygen atoms in total. The Balaban J connectivity index is 1.04. The molecule has 1 unspecified atom stereocenters. The largest absolute Gasteiger partial charge is 0.309 e. The van der Waals surface area contributed by atoms with Gasteiger partial charge >= 0.3 is 0 Å². The minimum absolute atomic E-state index is 0.874. The zero-order valence-corrected chi connectivity index (χ0v) is 32.0. The quantitative estimate of drug-likeness (QED) is 0.155. The number of rotatable bonds is 6. The molecule has 268 valence electrons. The number of hydrogen-bond donors (Lipinski definition) is 0. The summed E-state index contributed by atoms with van der Waals surface area (Å²) in [6, 6.07) is 77.3. The van der Waals surface area contributed by atoms with Crippen LogP contribution in [0.5, 0.6) is 0 Å². The van der Waals surface area contributed by atoms with E-state index in [1.165, 1.54) is 38.9 Å². The lowest BCUT2D eigenvalue weighted by Crippen LogP contribution is -2.20. The summed E-state index contributed by atoms with van der Waals surface area (Å²) in [5.74, 6) is 0. The maximum Gasteiger partial charge on any atom is 0.172 e. The van der Waals surface area contributed by atoms with Crippen LogP contribution in [0.4, 0.5) is 0 Å². The Morgan fingerprint density at radius 3 is 1.42 bits per heavy atom. The van der Waals surface area contributed by atoms with Crippen molar-refractivity contribution < 1.29 is 4.57 Å². The van der Waals surface area contributed by atoms with Gasteiger partial charge in [0.25, 0.3) is 0 Å². The molecule has 11 rings (SSSR count). The number of nitrogens with zero attached hydrogens (tertiary/aromatic N) is 1. The van der Waals surface area contributed by atoms with Crippen molar-refractivity contribution in [3.05, 3.63) is 218 Å². The molecule has 0 spiro atoms. The van der Waals surface area contributed by atoms with Crippen LogP contribution in [0.25, 0.3) is 83.1 Å². The van der Waals surface area contributed by atoms with Crippen molar-refractivity contribution in [3.8, 4) is 61.3 Å². The Morgan fingerprint density at radius 1 is 0.316 bits per heavy atom. The molecule has 2 heterocycles. The molecule has 0 N–H and O–H groups in total. The van der Waals surface area contributed by atoms with Crippen molar-refractivity contribution in [1.82, 2.24) is 4.57 Å². The highest BCUT2D eigenvalue weighted by atomic mass is 31.2. The first-order valence-corrected chi connectivity index (χ1v) is 21.1. The minimum Gasteiger partial charge on any atom is -0.309 e. The summed E-state index contributed by atoms with van der Waals surface area (Å²) in [5, 5.41) is 4.97. The molecule has 0 amide bonds. The van der Waals surface area contributed by atoms with Crippen LogP contribution >= 0.6 is 7.14 Å². The van der Waals surface area contributed by atoms with E-state index in [9.17, 15) is 0 Å². The zero-order chi connectivity index (χ0) is 37.9. The first-order valence-electron chi connectivity index (χ1n) is 19.4. The van der Waals surface area contributed by atoms with Crippen LogP contribution in [0.1, 0.15) is 0 Å². The van der Waals surface area contributed by atoms with E-state index in [0.717, 1.165) is 60.1 Å². The van der Waals surface area contributed by atoms with Gasteiger partial charge in [0, 0.05) is 32.4 Å². The van der Waals surface area contributed by atoms with Gasteiger partial charge < -0.3 is 9.13 Å². The zero-order valence-electron chi connectivity index (χ0n) is 31.1. The molecule has 0 fully saturated rings. The molecule has 0 radical (unpaired) electrons. The molecule has 57 heavy (non-hydrogen) atoms. The third-order valence-corrected chi connectivity index (χ3v) is 14.7. The molecule has 1 aromatic heterocycles. The minimum atomic E-state index is -3.07. The normalized spacial score (nSPS) is 14.5. The van der Waals surface area contributed by atoms with Crippen molar-refractivity contribution in [2.75, 3.05) is 0 Å². The van der Waals surface area contributed by atoms with E-state index in [2.05, 4.69) is 187 Å². The third kappa shape index (κ3) is 5.45. The van der Waals surface area contributed by atoms with Gasteiger partial charge in [-0.25, -0.2) is 0 Å². The van der Waals surface area contributed by atoms with E-state index < -0.39 is 7.14 Å². The Labute approximate surface area is 332 Å². The van der Waals surface area contributed by atoms with Crippen molar-refractivity contribution in [2.45, 2.75) is 0 Å². The van der Waals surface area contributed by atoms with Crippen LogP contribution in [-0.2, 0) is 4.57 Å². The third-order valence-electron chi connectivity index (χ3n) is 11.6. The van der Waals surface area contributed by atoms with Crippen LogP contribution in [0.3, 0.4) is 0 Å². The van der Waals surface area contributed by atoms with Gasteiger partial charge in [-0.15, -0.1) is 0 Å². The SMILES string of the molecule is O=P1(c2ccccc2)c2ccccc2-c2cc3c(cc21)c1ccccc1n3-c1ccc(-c2cc(-c3ccccc3)cc(-c3ccc(-c4ccccc4)cc3)c2)cc1. The van der Waals surface area contributed by atoms with E-state index >= 15 is 4.57 Å². The van der Waals surface area contributed by atoms with Gasteiger partial charge in [0.15, 0.2) is 7.14 Å². The van der Waals surface area contributed by atoms with Gasteiger partial charge in [0.05, 0.1) is 11.0 Å². The predicted molar refractivity (Wildman–Crippen MR) is 241 cm³/mol. The highest BCUT2D eigenvalue weighted by Gasteiger charge is 2.40. The van der Waals surface area contributed by atoms with Gasteiger partial charge in [0.1, 0.15) is 0 Å². The lowest BCUT2D eigenvalue weighted by Gasteiger charge is -2.16. The second kappa shape index (κ2) is 13.3. The maximum absolute atomic E-state index is 15.4. The van der Waals surface area contributed by atoms with E-state index in [-0.39, 0.29) is 0 Å². The predicted octanol–water partition coefficient (Wildman–Crippen LogP) is 13.1. The molecule has 0 saturated carbocycles. The van der Waals surface area contributed by atoms with Crippen LogP contribution < -0.4 is 15.9 Å². The second-order valence-electron chi connectivity index (χ2n) is 14.9. The Bertz CT molecular complexity index is 3170. The maximum atomic E-state index is 15.4. The van der Waals surface area contributed by atoms with Crippen molar-refractivity contribution >= 4 is 44.9 Å². The van der Waals surface area contributed by atoms with Crippen LogP contribution in [0.2, 0.25) is 0 Å². The Morgan fingerprint density at radius 2 is 0.789 bits per heavy atom. The Kier molecular flexibility index (Phi) is 7.81. The van der Waals surface area contributed by atoms with Gasteiger partial charge in [-0.3, -0.25) is 0 Å². The number of fused-ring (bicyclic) bond motifs is 6. The number of hydrogen-bond acceptors (Lipinski definition) is 1. The summed E-state index contributed by atoms with van der Waals surface area (Å²) < 4.78 is 17.7. The van der Waals surface area contributed by atoms with Crippen LogP contribution in [0.15, 0.2) is 218 Å². The monoisotopic (exact) mass is 745 g/mol. The average Bonchev–Trinajstić information content (AvgIpc) is 3.75. The Hall–Kier alpha value is -6.99. The first-order chi connectivity index (χ1) is 28.1. The lowest BCUT2D eigenvalue weighted by molar-refractivity contribution is 0.593. The molecule has 9 aromatic carbocycles. The first kappa shape index (κ1) is 33.4. The molecule has 10 aromatic rings. The van der Waals surface area contributed by atoms with Crippen molar-refractivity contribution in [2.24, 2.45) is 0 Å². The smallest absolute Gasteiger partial charge is 0.172 e. The van der Waals surface area contributed by atoms with E-state index in [4.69, 9.17) is 0 Å². The standard InChI is InChI=1S/C54H36NOP/c56-57(46-18-8-3-9-19-46)53-23-13-11-21-48(53)50-35-52-49(36-54(50)57)47-20-10-12-22-51(47)55(52)45-30-28-41(29-31-45)44-33-42(38-16-6-2-7-17-38)32-43(34-44)40-26-24-39(25-27-40)37-14-4-1-5-15-37/h1-36H. The molecular formula is C54H36NOP. The number of benzene rings is 9. The molecule has 1 aliphatic rings. The van der Waals surface area contributed by atoms with E-state index in [1.54, 1.807) is 0 Å². The number of aromatic nitrogens is 1. The average molecular weight is 746 g/mol. The van der Waals surface area contributed by atoms with E-state index in [1.807, 2.05) is 36.4 Å². The van der Waals surface area contributed by atoms with Crippen molar-refractivity contribution in [1.29, 1.82) is 0 Å². The highest BCUT2D eigenvalue weighted by Crippen LogP contribution is 2.53.